The second-order valence-electron chi connectivity index (χ2n) is 5.98. The van der Waals surface area contributed by atoms with Crippen LogP contribution in [0.1, 0.15) is 27.0 Å². The normalized spacial score (nSPS) is 11.2. The summed E-state index contributed by atoms with van der Waals surface area (Å²) in [5.41, 5.74) is 4.64. The molecule has 6 heteroatoms. The van der Waals surface area contributed by atoms with Gasteiger partial charge in [-0.3, -0.25) is 9.10 Å². The Labute approximate surface area is 143 Å². The summed E-state index contributed by atoms with van der Waals surface area (Å²) < 4.78 is 24.7. The summed E-state index contributed by atoms with van der Waals surface area (Å²) in [5.74, 6) is -0.276. The smallest absolute Gasteiger partial charge is 0.255 e. The molecule has 1 amide bonds. The second-order valence-corrected chi connectivity index (χ2v) is 8.00. The number of nitrogens with one attached hydrogen (secondary N) is 1. The number of sulfonamides is 1. The Morgan fingerprint density at radius 3 is 2.17 bits per heavy atom. The lowest BCUT2D eigenvalue weighted by Gasteiger charge is -2.19. The van der Waals surface area contributed by atoms with Gasteiger partial charge in [0.2, 0.25) is 10.0 Å². The van der Waals surface area contributed by atoms with E-state index in [2.05, 4.69) is 5.32 Å². The van der Waals surface area contributed by atoms with E-state index < -0.39 is 10.0 Å². The maximum Gasteiger partial charge on any atom is 0.255 e. The van der Waals surface area contributed by atoms with Crippen LogP contribution >= 0.6 is 0 Å². The standard InChI is InChI=1S/C18H22N2O3S/c1-12-7-9-16(10-14(12)3)19-18(21)15-8-6-13(2)17(11-15)20(4)24(5,22)23/h6-11H,1-5H3,(H,19,21). The van der Waals surface area contributed by atoms with Crippen molar-refractivity contribution in [1.29, 1.82) is 0 Å². The van der Waals surface area contributed by atoms with E-state index in [4.69, 9.17) is 0 Å². The molecule has 2 aromatic rings. The number of anilines is 2. The highest BCUT2D eigenvalue weighted by molar-refractivity contribution is 7.92. The Morgan fingerprint density at radius 2 is 1.58 bits per heavy atom. The van der Waals surface area contributed by atoms with Gasteiger partial charge in [0.05, 0.1) is 11.9 Å². The molecule has 2 aromatic carbocycles. The number of rotatable bonds is 4. The van der Waals surface area contributed by atoms with Crippen LogP contribution in [0, 0.1) is 20.8 Å². The minimum absolute atomic E-state index is 0.276. The Hall–Kier alpha value is -2.34. The fourth-order valence-electron chi connectivity index (χ4n) is 2.29. The van der Waals surface area contributed by atoms with Gasteiger partial charge in [0.25, 0.3) is 5.91 Å². The predicted octanol–water partition coefficient (Wildman–Crippen LogP) is 3.26. The van der Waals surface area contributed by atoms with Gasteiger partial charge in [-0.15, -0.1) is 0 Å². The zero-order valence-corrected chi connectivity index (χ0v) is 15.4. The van der Waals surface area contributed by atoms with Crippen LogP contribution in [0.2, 0.25) is 0 Å². The summed E-state index contributed by atoms with van der Waals surface area (Å²) in [4.78, 5) is 12.5. The Kier molecular flexibility index (Phi) is 4.99. The van der Waals surface area contributed by atoms with Gasteiger partial charge in [-0.2, -0.15) is 0 Å². The topological polar surface area (TPSA) is 66.5 Å². The average Bonchev–Trinajstić information content (AvgIpc) is 2.49. The minimum atomic E-state index is -3.39. The van der Waals surface area contributed by atoms with Crippen molar-refractivity contribution in [3.05, 3.63) is 58.7 Å². The molecule has 0 aliphatic heterocycles. The van der Waals surface area contributed by atoms with E-state index in [1.54, 1.807) is 18.2 Å². The molecule has 0 aromatic heterocycles. The van der Waals surface area contributed by atoms with Gasteiger partial charge >= 0.3 is 0 Å². The van der Waals surface area contributed by atoms with Gasteiger partial charge in [-0.05, 0) is 61.7 Å². The van der Waals surface area contributed by atoms with Crippen molar-refractivity contribution in [2.75, 3.05) is 22.9 Å². The maximum absolute atomic E-state index is 12.5. The molecule has 0 saturated carbocycles. The Morgan fingerprint density at radius 1 is 0.958 bits per heavy atom. The van der Waals surface area contributed by atoms with E-state index in [1.165, 1.54) is 11.4 Å². The summed E-state index contributed by atoms with van der Waals surface area (Å²) in [6.45, 7) is 5.80. The van der Waals surface area contributed by atoms with Gasteiger partial charge in [0, 0.05) is 18.3 Å². The average molecular weight is 346 g/mol. The van der Waals surface area contributed by atoms with Crippen LogP contribution in [0.5, 0.6) is 0 Å². The lowest BCUT2D eigenvalue weighted by Crippen LogP contribution is -2.26. The Bertz CT molecular complexity index is 889. The number of carbonyl (C=O) groups excluding carboxylic acids is 1. The molecule has 0 aliphatic carbocycles. The van der Waals surface area contributed by atoms with Crippen molar-refractivity contribution < 1.29 is 13.2 Å². The van der Waals surface area contributed by atoms with E-state index in [-0.39, 0.29) is 5.91 Å². The van der Waals surface area contributed by atoms with Gasteiger partial charge in [-0.1, -0.05) is 12.1 Å². The summed E-state index contributed by atoms with van der Waals surface area (Å²) in [5, 5.41) is 2.84. The lowest BCUT2D eigenvalue weighted by atomic mass is 10.1. The summed E-state index contributed by atoms with van der Waals surface area (Å²) in [6, 6.07) is 10.7. The number of hydrogen-bond donors (Lipinski definition) is 1. The minimum Gasteiger partial charge on any atom is -0.322 e. The third kappa shape index (κ3) is 3.94. The van der Waals surface area contributed by atoms with E-state index in [0.29, 0.717) is 16.9 Å². The summed E-state index contributed by atoms with van der Waals surface area (Å²) in [6.07, 6.45) is 1.13. The molecule has 0 aliphatic rings. The quantitative estimate of drug-likeness (QED) is 0.924. The van der Waals surface area contributed by atoms with E-state index in [9.17, 15) is 13.2 Å². The number of benzene rings is 2. The first kappa shape index (κ1) is 18.0. The van der Waals surface area contributed by atoms with Gasteiger partial charge in [-0.25, -0.2) is 8.42 Å². The van der Waals surface area contributed by atoms with Gasteiger partial charge < -0.3 is 5.32 Å². The van der Waals surface area contributed by atoms with Crippen LogP contribution in [-0.2, 0) is 10.0 Å². The lowest BCUT2D eigenvalue weighted by molar-refractivity contribution is 0.102. The summed E-state index contributed by atoms with van der Waals surface area (Å²) >= 11 is 0. The maximum atomic E-state index is 12.5. The van der Waals surface area contributed by atoms with Crippen LogP contribution in [0.4, 0.5) is 11.4 Å². The molecule has 24 heavy (non-hydrogen) atoms. The fourth-order valence-corrected chi connectivity index (χ4v) is 2.84. The first-order chi connectivity index (χ1) is 11.1. The van der Waals surface area contributed by atoms with E-state index >= 15 is 0 Å². The largest absolute Gasteiger partial charge is 0.322 e. The zero-order chi connectivity index (χ0) is 18.1. The third-order valence-electron chi connectivity index (χ3n) is 4.07. The van der Waals surface area contributed by atoms with Crippen LogP contribution in [0.15, 0.2) is 36.4 Å². The molecule has 2 rings (SSSR count). The first-order valence-electron chi connectivity index (χ1n) is 7.53. The monoisotopic (exact) mass is 346 g/mol. The fraction of sp³-hybridized carbons (Fsp3) is 0.278. The first-order valence-corrected chi connectivity index (χ1v) is 9.37. The third-order valence-corrected chi connectivity index (χ3v) is 5.26. The second kappa shape index (κ2) is 6.65. The van der Waals surface area contributed by atoms with Crippen molar-refractivity contribution in [3.63, 3.8) is 0 Å². The molecule has 128 valence electrons. The number of carbonyl (C=O) groups is 1. The molecule has 0 saturated heterocycles. The zero-order valence-electron chi connectivity index (χ0n) is 14.5. The molecule has 0 unspecified atom stereocenters. The highest BCUT2D eigenvalue weighted by Gasteiger charge is 2.16. The van der Waals surface area contributed by atoms with Crippen molar-refractivity contribution in [1.82, 2.24) is 0 Å². The van der Waals surface area contributed by atoms with Crippen LogP contribution < -0.4 is 9.62 Å². The number of amides is 1. The molecule has 0 heterocycles. The van der Waals surface area contributed by atoms with Gasteiger partial charge in [0.15, 0.2) is 0 Å². The molecule has 5 nitrogen and oxygen atoms in total. The molecule has 1 N–H and O–H groups in total. The highest BCUT2D eigenvalue weighted by atomic mass is 32.2. The van der Waals surface area contributed by atoms with Crippen molar-refractivity contribution in [2.45, 2.75) is 20.8 Å². The predicted molar refractivity (Wildman–Crippen MR) is 98.3 cm³/mol. The Balaban J connectivity index is 2.31. The van der Waals surface area contributed by atoms with E-state index in [1.807, 2.05) is 39.0 Å². The molecular weight excluding hydrogens is 324 g/mol. The SMILES string of the molecule is Cc1ccc(NC(=O)c2ccc(C)c(N(C)S(C)(=O)=O)c2)cc1C. The van der Waals surface area contributed by atoms with Crippen LogP contribution in [-0.4, -0.2) is 27.6 Å². The highest BCUT2D eigenvalue weighted by Crippen LogP contribution is 2.23. The van der Waals surface area contributed by atoms with Crippen molar-refractivity contribution in [3.8, 4) is 0 Å². The van der Waals surface area contributed by atoms with Gasteiger partial charge in [0.1, 0.15) is 0 Å². The van der Waals surface area contributed by atoms with Crippen LogP contribution in [0.3, 0.4) is 0 Å². The van der Waals surface area contributed by atoms with Crippen molar-refractivity contribution in [2.24, 2.45) is 0 Å². The van der Waals surface area contributed by atoms with E-state index in [0.717, 1.165) is 22.9 Å². The van der Waals surface area contributed by atoms with Crippen LogP contribution in [0.25, 0.3) is 0 Å². The molecule has 0 radical (unpaired) electrons. The van der Waals surface area contributed by atoms with Crippen molar-refractivity contribution >= 4 is 27.3 Å². The number of nitrogens with zero attached hydrogens (tertiary/aromatic N) is 1. The summed E-state index contributed by atoms with van der Waals surface area (Å²) in [7, 11) is -1.91. The number of aryl methyl sites for hydroxylation is 3. The molecule has 0 atom stereocenters. The molecule has 0 bridgehead atoms. The molecular formula is C18H22N2O3S. The molecule has 0 fully saturated rings. The molecule has 0 spiro atoms. The number of hydrogen-bond acceptors (Lipinski definition) is 3.